The van der Waals surface area contributed by atoms with Crippen molar-refractivity contribution in [2.75, 3.05) is 4.72 Å². The average Bonchev–Trinajstić information content (AvgIpc) is 2.98. The molecule has 1 amide bonds. The highest BCUT2D eigenvalue weighted by Crippen LogP contribution is 2.21. The Labute approximate surface area is 237 Å². The predicted octanol–water partition coefficient (Wildman–Crippen LogP) is 5.93. The smallest absolute Gasteiger partial charge is 0.344 e. The summed E-state index contributed by atoms with van der Waals surface area (Å²) in [5, 5.41) is 5.75. The Bertz CT molecular complexity index is 1840. The number of rotatable bonds is 8. The zero-order valence-corrected chi connectivity index (χ0v) is 22.8. The van der Waals surface area contributed by atoms with Gasteiger partial charge in [-0.1, -0.05) is 54.1 Å². The summed E-state index contributed by atoms with van der Waals surface area (Å²) in [6, 6.07) is 32.3. The lowest BCUT2D eigenvalue weighted by Crippen LogP contribution is -2.18. The third-order valence-electron chi connectivity index (χ3n) is 6.21. The highest BCUT2D eigenvalue weighted by atomic mass is 32.2. The first-order valence-electron chi connectivity index (χ1n) is 12.6. The molecule has 0 aliphatic carbocycles. The normalized spacial score (nSPS) is 11.3. The fourth-order valence-electron chi connectivity index (χ4n) is 4.04. The molecular weight excluding hydrogens is 538 g/mol. The van der Waals surface area contributed by atoms with Crippen LogP contribution in [-0.4, -0.2) is 26.5 Å². The van der Waals surface area contributed by atoms with Gasteiger partial charge in [0.15, 0.2) is 0 Å². The Balaban J connectivity index is 1.15. The SMILES string of the molecule is Cc1ccc(S(=O)(=O)Nc2ccc(C(=O)N/N=C\c3ccc(OC(=O)c4cccc5ccccc45)cc3)cc2)cc1. The lowest BCUT2D eigenvalue weighted by atomic mass is 10.0. The summed E-state index contributed by atoms with van der Waals surface area (Å²) in [5.41, 5.74) is 5.18. The molecule has 0 aliphatic heterocycles. The van der Waals surface area contributed by atoms with E-state index >= 15 is 0 Å². The van der Waals surface area contributed by atoms with Crippen molar-refractivity contribution >= 4 is 44.6 Å². The number of benzene rings is 5. The zero-order chi connectivity index (χ0) is 28.8. The minimum absolute atomic E-state index is 0.148. The monoisotopic (exact) mass is 563 g/mol. The Morgan fingerprint density at radius 3 is 2.20 bits per heavy atom. The molecule has 0 aromatic heterocycles. The van der Waals surface area contributed by atoms with Gasteiger partial charge >= 0.3 is 5.97 Å². The molecule has 0 saturated carbocycles. The second kappa shape index (κ2) is 11.8. The number of fused-ring (bicyclic) bond motifs is 1. The molecule has 2 N–H and O–H groups in total. The number of hydrazone groups is 1. The van der Waals surface area contributed by atoms with E-state index in [2.05, 4.69) is 15.2 Å². The van der Waals surface area contributed by atoms with E-state index in [4.69, 9.17) is 4.74 Å². The zero-order valence-electron chi connectivity index (χ0n) is 21.9. The highest BCUT2D eigenvalue weighted by Gasteiger charge is 2.15. The second-order valence-corrected chi connectivity index (χ2v) is 10.9. The number of sulfonamides is 1. The van der Waals surface area contributed by atoms with Gasteiger partial charge in [0.1, 0.15) is 5.75 Å². The summed E-state index contributed by atoms with van der Waals surface area (Å²) in [7, 11) is -3.74. The first-order chi connectivity index (χ1) is 19.8. The molecule has 0 heterocycles. The van der Waals surface area contributed by atoms with Crippen LogP contribution < -0.4 is 14.9 Å². The van der Waals surface area contributed by atoms with Gasteiger partial charge in [-0.3, -0.25) is 9.52 Å². The van der Waals surface area contributed by atoms with Crippen molar-refractivity contribution in [1.82, 2.24) is 5.43 Å². The molecule has 0 spiro atoms. The topological polar surface area (TPSA) is 114 Å². The standard InChI is InChI=1S/C32H25N3O5S/c1-22-9-19-28(20-10-22)41(38,39)35-26-15-13-25(14-16-26)31(36)34-33-21-23-11-17-27(18-12-23)40-32(37)30-8-4-6-24-5-2-3-7-29(24)30/h2-21,35H,1H3,(H,34,36)/b33-21-. The molecule has 0 aliphatic rings. The lowest BCUT2D eigenvalue weighted by Gasteiger charge is -2.09. The molecule has 41 heavy (non-hydrogen) atoms. The number of carbonyl (C=O) groups excluding carboxylic acids is 2. The number of ether oxygens (including phenoxy) is 1. The van der Waals surface area contributed by atoms with Gasteiger partial charge in [-0.2, -0.15) is 5.10 Å². The molecule has 0 unspecified atom stereocenters. The molecule has 5 aromatic carbocycles. The average molecular weight is 564 g/mol. The van der Waals surface area contributed by atoms with Gasteiger partial charge in [0.25, 0.3) is 15.9 Å². The third-order valence-corrected chi connectivity index (χ3v) is 7.61. The molecule has 0 atom stereocenters. The number of nitrogens with zero attached hydrogens (tertiary/aromatic N) is 1. The first kappa shape index (κ1) is 27.3. The summed E-state index contributed by atoms with van der Waals surface area (Å²) >= 11 is 0. The van der Waals surface area contributed by atoms with Gasteiger partial charge in [0.05, 0.1) is 16.7 Å². The summed E-state index contributed by atoms with van der Waals surface area (Å²) in [5.74, 6) is -0.540. The molecule has 5 aromatic rings. The van der Waals surface area contributed by atoms with E-state index in [1.165, 1.54) is 42.6 Å². The van der Waals surface area contributed by atoms with E-state index in [0.717, 1.165) is 16.3 Å². The van der Waals surface area contributed by atoms with Crippen LogP contribution >= 0.6 is 0 Å². The Hall–Kier alpha value is -5.28. The van der Waals surface area contributed by atoms with Crippen LogP contribution in [0.25, 0.3) is 10.8 Å². The number of hydrogen-bond acceptors (Lipinski definition) is 6. The minimum atomic E-state index is -3.74. The largest absolute Gasteiger partial charge is 0.423 e. The summed E-state index contributed by atoms with van der Waals surface area (Å²) in [4.78, 5) is 25.3. The van der Waals surface area contributed by atoms with Crippen molar-refractivity contribution in [3.63, 3.8) is 0 Å². The van der Waals surface area contributed by atoms with Crippen LogP contribution in [0.1, 0.15) is 31.8 Å². The second-order valence-electron chi connectivity index (χ2n) is 9.18. The van der Waals surface area contributed by atoms with E-state index in [9.17, 15) is 18.0 Å². The van der Waals surface area contributed by atoms with E-state index in [0.29, 0.717) is 28.1 Å². The van der Waals surface area contributed by atoms with Crippen LogP contribution in [-0.2, 0) is 10.0 Å². The van der Waals surface area contributed by atoms with Crippen LogP contribution in [0.5, 0.6) is 5.75 Å². The molecule has 9 heteroatoms. The van der Waals surface area contributed by atoms with E-state index in [1.54, 1.807) is 42.5 Å². The van der Waals surface area contributed by atoms with Crippen molar-refractivity contribution in [2.24, 2.45) is 5.10 Å². The molecular formula is C32H25N3O5S. The first-order valence-corrected chi connectivity index (χ1v) is 14.1. The summed E-state index contributed by atoms with van der Waals surface area (Å²) in [6.45, 7) is 1.88. The van der Waals surface area contributed by atoms with E-state index in [1.807, 2.05) is 43.3 Å². The maximum Gasteiger partial charge on any atom is 0.344 e. The van der Waals surface area contributed by atoms with Crippen LogP contribution in [0, 0.1) is 6.92 Å². The highest BCUT2D eigenvalue weighted by molar-refractivity contribution is 7.92. The molecule has 204 valence electrons. The number of carbonyl (C=O) groups is 2. The van der Waals surface area contributed by atoms with Gasteiger partial charge in [-0.15, -0.1) is 0 Å². The number of esters is 1. The molecule has 0 fully saturated rings. The number of aryl methyl sites for hydroxylation is 1. The fourth-order valence-corrected chi connectivity index (χ4v) is 5.10. The maximum absolute atomic E-state index is 12.7. The summed E-state index contributed by atoms with van der Waals surface area (Å²) in [6.07, 6.45) is 1.46. The predicted molar refractivity (Wildman–Crippen MR) is 159 cm³/mol. The third kappa shape index (κ3) is 6.66. The fraction of sp³-hybridized carbons (Fsp3) is 0.0312. The number of amides is 1. The van der Waals surface area contributed by atoms with Crippen molar-refractivity contribution in [3.8, 4) is 5.75 Å². The molecule has 0 radical (unpaired) electrons. The number of anilines is 1. The lowest BCUT2D eigenvalue weighted by molar-refractivity contribution is 0.0736. The molecule has 0 bridgehead atoms. The van der Waals surface area contributed by atoms with Crippen LogP contribution in [0.3, 0.4) is 0 Å². The Kier molecular flexibility index (Phi) is 7.89. The van der Waals surface area contributed by atoms with Gasteiger partial charge in [0.2, 0.25) is 0 Å². The number of nitrogens with one attached hydrogen (secondary N) is 2. The Morgan fingerprint density at radius 2 is 1.46 bits per heavy atom. The van der Waals surface area contributed by atoms with Gasteiger partial charge in [-0.25, -0.2) is 18.6 Å². The Morgan fingerprint density at radius 1 is 0.780 bits per heavy atom. The minimum Gasteiger partial charge on any atom is -0.423 e. The molecule has 5 rings (SSSR count). The van der Waals surface area contributed by atoms with Crippen molar-refractivity contribution in [3.05, 3.63) is 138 Å². The van der Waals surface area contributed by atoms with Gasteiger partial charge in [-0.05, 0) is 90.0 Å². The van der Waals surface area contributed by atoms with Crippen molar-refractivity contribution in [1.29, 1.82) is 0 Å². The van der Waals surface area contributed by atoms with Crippen LogP contribution in [0.15, 0.2) is 125 Å². The van der Waals surface area contributed by atoms with Crippen molar-refractivity contribution < 1.29 is 22.7 Å². The molecule has 0 saturated heterocycles. The van der Waals surface area contributed by atoms with E-state index < -0.39 is 21.9 Å². The molecule has 8 nitrogen and oxygen atoms in total. The van der Waals surface area contributed by atoms with Crippen LogP contribution in [0.4, 0.5) is 5.69 Å². The van der Waals surface area contributed by atoms with Crippen molar-refractivity contribution in [2.45, 2.75) is 11.8 Å². The quantitative estimate of drug-likeness (QED) is 0.105. The maximum atomic E-state index is 12.7. The van der Waals surface area contributed by atoms with Crippen LogP contribution in [0.2, 0.25) is 0 Å². The van der Waals surface area contributed by atoms with E-state index in [-0.39, 0.29) is 4.90 Å². The number of hydrogen-bond donors (Lipinski definition) is 2. The van der Waals surface area contributed by atoms with Gasteiger partial charge < -0.3 is 4.74 Å². The summed E-state index contributed by atoms with van der Waals surface area (Å²) < 4.78 is 33.2. The van der Waals surface area contributed by atoms with Gasteiger partial charge in [0, 0.05) is 11.3 Å².